The number of ether oxygens (including phenoxy) is 1. The highest BCUT2D eigenvalue weighted by Gasteiger charge is 2.23. The van der Waals surface area contributed by atoms with Crippen molar-refractivity contribution in [2.24, 2.45) is 0 Å². The first-order chi connectivity index (χ1) is 9.28. The fraction of sp³-hybridized carbons (Fsp3) is 0.312. The van der Waals surface area contributed by atoms with Crippen LogP contribution in [0.4, 0.5) is 0 Å². The van der Waals surface area contributed by atoms with Crippen LogP contribution in [0, 0.1) is 0 Å². The summed E-state index contributed by atoms with van der Waals surface area (Å²) in [7, 11) is 0. The molecule has 1 aromatic heterocycles. The lowest BCUT2D eigenvalue weighted by Gasteiger charge is -2.05. The van der Waals surface area contributed by atoms with Gasteiger partial charge < -0.3 is 9.15 Å². The molecule has 0 unspecified atom stereocenters. The van der Waals surface area contributed by atoms with Crippen molar-refractivity contribution >= 4 is 5.78 Å². The Labute approximate surface area is 112 Å². The van der Waals surface area contributed by atoms with E-state index < -0.39 is 0 Å². The molecule has 2 aromatic rings. The van der Waals surface area contributed by atoms with Gasteiger partial charge in [0.15, 0.2) is 5.78 Å². The molecule has 1 heterocycles. The number of carbonyl (C=O) groups is 1. The van der Waals surface area contributed by atoms with E-state index in [0.29, 0.717) is 17.2 Å². The van der Waals surface area contributed by atoms with E-state index >= 15 is 0 Å². The molecule has 1 aliphatic rings. The number of rotatable bonds is 5. The number of furan rings is 1. The molecule has 0 radical (unpaired) electrons. The van der Waals surface area contributed by atoms with Gasteiger partial charge in [0.2, 0.25) is 0 Å². The standard InChI is InChI=1S/C16H16O3/c1-2-15-14(9-10-18-15)16(17)11-3-5-12(6-4-11)19-13-7-8-13/h3-6,9-10,13H,2,7-8H2,1H3. The van der Waals surface area contributed by atoms with E-state index in [1.165, 1.54) is 0 Å². The normalized spacial score (nSPS) is 14.4. The summed E-state index contributed by atoms with van der Waals surface area (Å²) in [6, 6.07) is 9.07. The Morgan fingerprint density at radius 1 is 1.26 bits per heavy atom. The zero-order valence-electron chi connectivity index (χ0n) is 10.9. The lowest BCUT2D eigenvalue weighted by atomic mass is 10.0. The van der Waals surface area contributed by atoms with Gasteiger partial charge in [-0.15, -0.1) is 0 Å². The van der Waals surface area contributed by atoms with Gasteiger partial charge in [-0.25, -0.2) is 0 Å². The van der Waals surface area contributed by atoms with E-state index in [9.17, 15) is 4.79 Å². The van der Waals surface area contributed by atoms with Gasteiger partial charge in [-0.1, -0.05) is 6.92 Å². The van der Waals surface area contributed by atoms with Crippen LogP contribution in [0.1, 0.15) is 41.4 Å². The summed E-state index contributed by atoms with van der Waals surface area (Å²) in [5, 5.41) is 0. The first-order valence-electron chi connectivity index (χ1n) is 6.65. The van der Waals surface area contributed by atoms with Crippen LogP contribution in [0.15, 0.2) is 41.0 Å². The van der Waals surface area contributed by atoms with E-state index in [-0.39, 0.29) is 5.78 Å². The molecule has 3 heteroatoms. The van der Waals surface area contributed by atoms with Crippen molar-refractivity contribution in [2.45, 2.75) is 32.3 Å². The molecular weight excluding hydrogens is 240 g/mol. The maximum atomic E-state index is 12.3. The first-order valence-corrected chi connectivity index (χ1v) is 6.65. The summed E-state index contributed by atoms with van der Waals surface area (Å²) in [5.41, 5.74) is 1.32. The lowest BCUT2D eigenvalue weighted by molar-refractivity contribution is 0.103. The van der Waals surface area contributed by atoms with Crippen molar-refractivity contribution in [3.05, 3.63) is 53.5 Å². The maximum Gasteiger partial charge on any atom is 0.196 e. The van der Waals surface area contributed by atoms with E-state index in [1.807, 2.05) is 31.2 Å². The van der Waals surface area contributed by atoms with Crippen LogP contribution in [-0.4, -0.2) is 11.9 Å². The Balaban J connectivity index is 1.79. The highest BCUT2D eigenvalue weighted by molar-refractivity contribution is 6.09. The zero-order valence-corrected chi connectivity index (χ0v) is 10.9. The average molecular weight is 256 g/mol. The van der Waals surface area contributed by atoms with E-state index in [0.717, 1.165) is 30.8 Å². The number of benzene rings is 1. The van der Waals surface area contributed by atoms with Crippen molar-refractivity contribution in [3.8, 4) is 5.75 Å². The summed E-state index contributed by atoms with van der Waals surface area (Å²) in [5.74, 6) is 1.58. The molecule has 1 aliphatic carbocycles. The van der Waals surface area contributed by atoms with Crippen LogP contribution in [0.2, 0.25) is 0 Å². The molecule has 1 aromatic carbocycles. The summed E-state index contributed by atoms with van der Waals surface area (Å²) in [4.78, 5) is 12.3. The van der Waals surface area contributed by atoms with E-state index in [2.05, 4.69) is 0 Å². The summed E-state index contributed by atoms with van der Waals surface area (Å²) in [6.07, 6.45) is 4.93. The van der Waals surface area contributed by atoms with Gasteiger partial charge in [-0.3, -0.25) is 4.79 Å². The summed E-state index contributed by atoms with van der Waals surface area (Å²) in [6.45, 7) is 1.97. The monoisotopic (exact) mass is 256 g/mol. The van der Waals surface area contributed by atoms with Gasteiger partial charge >= 0.3 is 0 Å². The van der Waals surface area contributed by atoms with Gasteiger partial charge in [0, 0.05) is 12.0 Å². The fourth-order valence-corrected chi connectivity index (χ4v) is 2.04. The van der Waals surface area contributed by atoms with Crippen LogP contribution in [0.3, 0.4) is 0 Å². The Morgan fingerprint density at radius 2 is 2.00 bits per heavy atom. The quantitative estimate of drug-likeness (QED) is 0.767. The van der Waals surface area contributed by atoms with Crippen LogP contribution < -0.4 is 4.74 Å². The van der Waals surface area contributed by atoms with Crippen molar-refractivity contribution in [1.82, 2.24) is 0 Å². The molecule has 0 amide bonds. The van der Waals surface area contributed by atoms with Crippen molar-refractivity contribution in [1.29, 1.82) is 0 Å². The molecular formula is C16H16O3. The van der Waals surface area contributed by atoms with Gasteiger partial charge in [0.25, 0.3) is 0 Å². The van der Waals surface area contributed by atoms with Crippen LogP contribution in [0.25, 0.3) is 0 Å². The highest BCUT2D eigenvalue weighted by atomic mass is 16.5. The summed E-state index contributed by atoms with van der Waals surface area (Å²) >= 11 is 0. The van der Waals surface area contributed by atoms with Gasteiger partial charge in [-0.05, 0) is 43.2 Å². The molecule has 0 atom stereocenters. The Bertz CT molecular complexity index is 576. The third-order valence-electron chi connectivity index (χ3n) is 3.25. The van der Waals surface area contributed by atoms with Crippen LogP contribution in [0.5, 0.6) is 5.75 Å². The number of hydrogen-bond acceptors (Lipinski definition) is 3. The van der Waals surface area contributed by atoms with Gasteiger partial charge in [0.05, 0.1) is 17.9 Å². The number of aryl methyl sites for hydroxylation is 1. The zero-order chi connectivity index (χ0) is 13.2. The third-order valence-corrected chi connectivity index (χ3v) is 3.25. The molecule has 1 saturated carbocycles. The smallest absolute Gasteiger partial charge is 0.196 e. The number of ketones is 1. The predicted octanol–water partition coefficient (Wildman–Crippen LogP) is 3.61. The van der Waals surface area contributed by atoms with Gasteiger partial charge in [-0.2, -0.15) is 0 Å². The Kier molecular flexibility index (Phi) is 3.11. The number of hydrogen-bond donors (Lipinski definition) is 0. The largest absolute Gasteiger partial charge is 0.490 e. The minimum atomic E-state index is 0.00331. The molecule has 3 rings (SSSR count). The molecule has 1 fully saturated rings. The highest BCUT2D eigenvalue weighted by Crippen LogP contribution is 2.27. The second-order valence-electron chi connectivity index (χ2n) is 4.78. The average Bonchev–Trinajstić information content (AvgIpc) is 3.12. The minimum absolute atomic E-state index is 0.00331. The Morgan fingerprint density at radius 3 is 2.63 bits per heavy atom. The first kappa shape index (κ1) is 12.0. The molecule has 0 spiro atoms. The molecule has 98 valence electrons. The Hall–Kier alpha value is -2.03. The van der Waals surface area contributed by atoms with Gasteiger partial charge in [0.1, 0.15) is 11.5 Å². The molecule has 0 bridgehead atoms. The van der Waals surface area contributed by atoms with Crippen molar-refractivity contribution in [2.75, 3.05) is 0 Å². The molecule has 0 aliphatic heterocycles. The third kappa shape index (κ3) is 2.55. The van der Waals surface area contributed by atoms with Crippen LogP contribution in [-0.2, 0) is 6.42 Å². The lowest BCUT2D eigenvalue weighted by Crippen LogP contribution is -2.03. The van der Waals surface area contributed by atoms with E-state index in [4.69, 9.17) is 9.15 Å². The molecule has 0 saturated heterocycles. The molecule has 19 heavy (non-hydrogen) atoms. The maximum absolute atomic E-state index is 12.3. The predicted molar refractivity (Wildman–Crippen MR) is 71.6 cm³/mol. The molecule has 3 nitrogen and oxygen atoms in total. The SMILES string of the molecule is CCc1occc1C(=O)c1ccc(OC2CC2)cc1. The topological polar surface area (TPSA) is 39.4 Å². The van der Waals surface area contributed by atoms with Crippen molar-refractivity contribution in [3.63, 3.8) is 0 Å². The minimum Gasteiger partial charge on any atom is -0.490 e. The molecule has 0 N–H and O–H groups in total. The van der Waals surface area contributed by atoms with Crippen molar-refractivity contribution < 1.29 is 13.9 Å². The fourth-order valence-electron chi connectivity index (χ4n) is 2.04. The number of carbonyl (C=O) groups excluding carboxylic acids is 1. The van der Waals surface area contributed by atoms with Crippen LogP contribution >= 0.6 is 0 Å². The summed E-state index contributed by atoms with van der Waals surface area (Å²) < 4.78 is 11.0. The second kappa shape index (κ2) is 4.92. The second-order valence-corrected chi connectivity index (χ2v) is 4.78. The van der Waals surface area contributed by atoms with E-state index in [1.54, 1.807) is 12.3 Å².